The second-order valence-corrected chi connectivity index (χ2v) is 14.3. The normalized spacial score (nSPS) is 24.0. The van der Waals surface area contributed by atoms with Gasteiger partial charge in [0.15, 0.2) is 11.4 Å². The molecule has 3 aliphatic rings. The standard InChI is InChI=1S/C32H35BrFN5O2S/c1-20-35-26-7-2-3-8-27(26)39(20)25-18-23-9-10-24(19-25)38(23)16-13-32(21-5-4-6-22(34)17-21)11-14-37(15-12-32)31(41)28-29(40)30(33)42-36-28/h2-8,17,23-25,40H,9-16,18-19H2,1H3/t23-,24+,25?. The Balaban J connectivity index is 1.08. The van der Waals surface area contributed by atoms with E-state index in [9.17, 15) is 14.3 Å². The molecule has 5 heterocycles. The van der Waals surface area contributed by atoms with E-state index in [1.165, 1.54) is 24.4 Å². The number of aryl methyl sites for hydroxylation is 1. The molecular formula is C32H35BrFN5O2S. The lowest BCUT2D eigenvalue weighted by atomic mass is 9.70. The lowest BCUT2D eigenvalue weighted by Gasteiger charge is -2.45. The van der Waals surface area contributed by atoms with E-state index in [-0.39, 0.29) is 28.6 Å². The third-order valence-corrected chi connectivity index (χ3v) is 11.6. The van der Waals surface area contributed by atoms with Crippen molar-refractivity contribution in [3.8, 4) is 5.75 Å². The largest absolute Gasteiger partial charge is 0.504 e. The van der Waals surface area contributed by atoms with Gasteiger partial charge in [0.05, 0.1) is 11.0 Å². The molecule has 42 heavy (non-hydrogen) atoms. The number of hydrogen-bond donors (Lipinski definition) is 1. The number of aromatic hydroxyl groups is 1. The molecule has 4 aromatic rings. The first-order valence-electron chi connectivity index (χ1n) is 14.9. The van der Waals surface area contributed by atoms with Gasteiger partial charge in [0.2, 0.25) is 0 Å². The molecule has 0 spiro atoms. The quantitative estimate of drug-likeness (QED) is 0.247. The molecular weight excluding hydrogens is 617 g/mol. The third kappa shape index (κ3) is 4.85. The molecule has 3 fully saturated rings. The Morgan fingerprint density at radius 1 is 1.10 bits per heavy atom. The Morgan fingerprint density at radius 3 is 2.52 bits per heavy atom. The summed E-state index contributed by atoms with van der Waals surface area (Å²) < 4.78 is 21.6. The summed E-state index contributed by atoms with van der Waals surface area (Å²) in [6, 6.07) is 17.0. The zero-order valence-electron chi connectivity index (χ0n) is 23.7. The van der Waals surface area contributed by atoms with Crippen molar-refractivity contribution in [3.63, 3.8) is 0 Å². The van der Waals surface area contributed by atoms with Crippen molar-refractivity contribution in [2.45, 2.75) is 75.4 Å². The lowest BCUT2D eigenvalue weighted by Crippen LogP contribution is -2.49. The summed E-state index contributed by atoms with van der Waals surface area (Å²) in [5.41, 5.74) is 3.22. The van der Waals surface area contributed by atoms with E-state index in [0.29, 0.717) is 35.0 Å². The number of carbonyl (C=O) groups is 1. The maximum atomic E-state index is 14.5. The number of hydrogen-bond acceptors (Lipinski definition) is 6. The summed E-state index contributed by atoms with van der Waals surface area (Å²) in [6.07, 6.45) is 7.11. The average molecular weight is 653 g/mol. The first-order chi connectivity index (χ1) is 20.3. The zero-order valence-corrected chi connectivity index (χ0v) is 26.1. The number of amides is 1. The SMILES string of the molecule is Cc1nc2ccccc2n1C1C[C@H]2CC[C@@H](C1)N2CCC1(c2cccc(F)c2)CCN(C(=O)c2nsc(Br)c2O)CC1. The van der Waals surface area contributed by atoms with Gasteiger partial charge in [-0.1, -0.05) is 24.3 Å². The van der Waals surface area contributed by atoms with Crippen LogP contribution in [0.25, 0.3) is 11.0 Å². The van der Waals surface area contributed by atoms with Crippen LogP contribution in [0.1, 0.15) is 72.9 Å². The molecule has 220 valence electrons. The maximum Gasteiger partial charge on any atom is 0.277 e. The molecule has 0 aliphatic carbocycles. The molecule has 10 heteroatoms. The molecule has 7 rings (SSSR count). The Morgan fingerprint density at radius 2 is 1.83 bits per heavy atom. The monoisotopic (exact) mass is 651 g/mol. The second kappa shape index (κ2) is 11.0. The summed E-state index contributed by atoms with van der Waals surface area (Å²) in [5, 5.41) is 10.3. The van der Waals surface area contributed by atoms with Gasteiger partial charge in [0, 0.05) is 31.2 Å². The van der Waals surface area contributed by atoms with E-state index in [4.69, 9.17) is 4.98 Å². The van der Waals surface area contributed by atoms with E-state index >= 15 is 0 Å². The number of benzene rings is 2. The predicted molar refractivity (Wildman–Crippen MR) is 166 cm³/mol. The summed E-state index contributed by atoms with van der Waals surface area (Å²) in [5.74, 6) is 0.541. The fraction of sp³-hybridized carbons (Fsp3) is 0.469. The topological polar surface area (TPSA) is 74.5 Å². The number of carbonyl (C=O) groups excluding carboxylic acids is 1. The van der Waals surface area contributed by atoms with E-state index in [1.54, 1.807) is 11.0 Å². The van der Waals surface area contributed by atoms with Crippen LogP contribution < -0.4 is 0 Å². The van der Waals surface area contributed by atoms with Crippen LogP contribution in [0.3, 0.4) is 0 Å². The Kier molecular flexibility index (Phi) is 7.35. The molecule has 1 unspecified atom stereocenters. The third-order valence-electron chi connectivity index (χ3n) is 10.1. The number of rotatable bonds is 6. The molecule has 0 radical (unpaired) electrons. The summed E-state index contributed by atoms with van der Waals surface area (Å²) in [6.45, 7) is 4.19. The Hall–Kier alpha value is -2.82. The lowest BCUT2D eigenvalue weighted by molar-refractivity contribution is 0.0600. The van der Waals surface area contributed by atoms with Crippen LogP contribution in [0.4, 0.5) is 4.39 Å². The van der Waals surface area contributed by atoms with Crippen LogP contribution in [0.5, 0.6) is 5.75 Å². The van der Waals surface area contributed by atoms with Crippen molar-refractivity contribution in [2.24, 2.45) is 0 Å². The first kappa shape index (κ1) is 28.0. The summed E-state index contributed by atoms with van der Waals surface area (Å²) in [7, 11) is 0. The molecule has 3 aliphatic heterocycles. The zero-order chi connectivity index (χ0) is 29.0. The molecule has 2 aromatic heterocycles. The number of piperidine rings is 2. The van der Waals surface area contributed by atoms with Crippen molar-refractivity contribution in [1.29, 1.82) is 0 Å². The average Bonchev–Trinajstić information content (AvgIpc) is 3.59. The number of fused-ring (bicyclic) bond motifs is 3. The number of para-hydroxylation sites is 2. The van der Waals surface area contributed by atoms with Gasteiger partial charge < -0.3 is 14.6 Å². The van der Waals surface area contributed by atoms with Crippen LogP contribution >= 0.6 is 27.5 Å². The van der Waals surface area contributed by atoms with Gasteiger partial charge in [-0.15, -0.1) is 0 Å². The van der Waals surface area contributed by atoms with Gasteiger partial charge in [0.1, 0.15) is 15.4 Å². The second-order valence-electron chi connectivity index (χ2n) is 12.3. The number of likely N-dealkylation sites (tertiary alicyclic amines) is 1. The highest BCUT2D eigenvalue weighted by atomic mass is 79.9. The Labute approximate surface area is 257 Å². The van der Waals surface area contributed by atoms with Gasteiger partial charge in [-0.05, 0) is 121 Å². The molecule has 3 saturated heterocycles. The molecule has 2 aromatic carbocycles. The molecule has 2 bridgehead atoms. The predicted octanol–water partition coefficient (Wildman–Crippen LogP) is 6.84. The van der Waals surface area contributed by atoms with E-state index < -0.39 is 0 Å². The minimum absolute atomic E-state index is 0.0928. The summed E-state index contributed by atoms with van der Waals surface area (Å²) in [4.78, 5) is 22.5. The number of nitrogens with zero attached hydrogens (tertiary/aromatic N) is 5. The minimum Gasteiger partial charge on any atom is -0.504 e. The minimum atomic E-state index is -0.246. The van der Waals surface area contributed by atoms with Crippen LogP contribution in [-0.2, 0) is 5.41 Å². The van der Waals surface area contributed by atoms with Gasteiger partial charge in [-0.25, -0.2) is 9.37 Å². The highest BCUT2D eigenvalue weighted by Crippen LogP contribution is 2.45. The van der Waals surface area contributed by atoms with Gasteiger partial charge >= 0.3 is 0 Å². The fourth-order valence-electron chi connectivity index (χ4n) is 7.98. The molecule has 1 N–H and O–H groups in total. The van der Waals surface area contributed by atoms with Crippen molar-refractivity contribution in [1.82, 2.24) is 23.7 Å². The molecule has 0 saturated carbocycles. The number of halogens is 2. The Bertz CT molecular complexity index is 1620. The maximum absolute atomic E-state index is 14.5. The van der Waals surface area contributed by atoms with Gasteiger partial charge in [-0.3, -0.25) is 9.69 Å². The van der Waals surface area contributed by atoms with E-state index in [1.807, 2.05) is 6.07 Å². The van der Waals surface area contributed by atoms with Gasteiger partial charge in [0.25, 0.3) is 5.91 Å². The van der Waals surface area contributed by atoms with Crippen molar-refractivity contribution in [3.05, 3.63) is 75.2 Å². The first-order valence-corrected chi connectivity index (χ1v) is 16.5. The highest BCUT2D eigenvalue weighted by Gasteiger charge is 2.44. The van der Waals surface area contributed by atoms with E-state index in [2.05, 4.69) is 67.0 Å². The summed E-state index contributed by atoms with van der Waals surface area (Å²) >= 11 is 4.33. The molecule has 1 amide bonds. The number of aromatic nitrogens is 3. The van der Waals surface area contributed by atoms with Crippen LogP contribution in [0.15, 0.2) is 52.3 Å². The fourth-order valence-corrected chi connectivity index (χ4v) is 8.91. The van der Waals surface area contributed by atoms with Crippen LogP contribution in [0, 0.1) is 12.7 Å². The smallest absolute Gasteiger partial charge is 0.277 e. The van der Waals surface area contributed by atoms with Crippen LogP contribution in [0.2, 0.25) is 0 Å². The van der Waals surface area contributed by atoms with Crippen molar-refractivity contribution < 1.29 is 14.3 Å². The number of imidazole rings is 1. The highest BCUT2D eigenvalue weighted by molar-refractivity contribution is 9.11. The molecule has 3 atom stereocenters. The van der Waals surface area contributed by atoms with E-state index in [0.717, 1.165) is 67.1 Å². The van der Waals surface area contributed by atoms with Crippen molar-refractivity contribution in [2.75, 3.05) is 19.6 Å². The van der Waals surface area contributed by atoms with Crippen LogP contribution in [-0.4, -0.2) is 66.5 Å². The van der Waals surface area contributed by atoms with Crippen molar-refractivity contribution >= 4 is 44.4 Å². The van der Waals surface area contributed by atoms with Gasteiger partial charge in [-0.2, -0.15) is 4.37 Å². The molecule has 7 nitrogen and oxygen atoms in total.